The van der Waals surface area contributed by atoms with Crippen molar-refractivity contribution in [2.45, 2.75) is 18.9 Å². The number of phenolic OH excluding ortho intramolecular Hbond substituents is 1. The number of aromatic nitrogens is 2. The number of nitrogens with zero attached hydrogens (tertiary/aromatic N) is 3. The second kappa shape index (κ2) is 10.1. The van der Waals surface area contributed by atoms with Crippen molar-refractivity contribution in [3.63, 3.8) is 0 Å². The standard InChI is InChI=1S/C24H26N6O4/c1-34-19-10-6-16(7-11-19)27-23-21(22(25)32)26-13-20(29-23)30-12-2-3-17(14-30)28-24(33)15-4-8-18(31)9-5-15/h4-11,13,17,31H,2-3,12,14H2,1H3,(H2,25,32)(H,27,29)(H,28,33). The summed E-state index contributed by atoms with van der Waals surface area (Å²) in [6.07, 6.45) is 3.19. The molecule has 1 aliphatic rings. The van der Waals surface area contributed by atoms with Crippen LogP contribution in [0.2, 0.25) is 0 Å². The molecule has 176 valence electrons. The Balaban J connectivity index is 1.49. The van der Waals surface area contributed by atoms with Gasteiger partial charge in [-0.1, -0.05) is 0 Å². The molecule has 4 rings (SSSR count). The van der Waals surface area contributed by atoms with Crippen molar-refractivity contribution in [1.29, 1.82) is 0 Å². The lowest BCUT2D eigenvalue weighted by Crippen LogP contribution is -2.48. The molecule has 0 radical (unpaired) electrons. The van der Waals surface area contributed by atoms with Crippen LogP contribution in [0.15, 0.2) is 54.7 Å². The highest BCUT2D eigenvalue weighted by molar-refractivity contribution is 5.96. The minimum absolute atomic E-state index is 0.0359. The maximum Gasteiger partial charge on any atom is 0.271 e. The van der Waals surface area contributed by atoms with E-state index in [0.29, 0.717) is 29.4 Å². The van der Waals surface area contributed by atoms with Crippen LogP contribution in [0.3, 0.4) is 0 Å². The molecule has 2 heterocycles. The second-order valence-electron chi connectivity index (χ2n) is 7.95. The first-order valence-electron chi connectivity index (χ1n) is 10.9. The first kappa shape index (κ1) is 22.8. The number of phenols is 1. The molecule has 1 aliphatic heterocycles. The van der Waals surface area contributed by atoms with Gasteiger partial charge >= 0.3 is 0 Å². The third-order valence-corrected chi connectivity index (χ3v) is 5.56. The van der Waals surface area contributed by atoms with Gasteiger partial charge in [-0.15, -0.1) is 0 Å². The highest BCUT2D eigenvalue weighted by Crippen LogP contribution is 2.24. The van der Waals surface area contributed by atoms with Gasteiger partial charge < -0.3 is 31.1 Å². The van der Waals surface area contributed by atoms with E-state index >= 15 is 0 Å². The van der Waals surface area contributed by atoms with Gasteiger partial charge in [0.25, 0.3) is 11.8 Å². The van der Waals surface area contributed by atoms with Gasteiger partial charge in [0.2, 0.25) is 0 Å². The first-order chi connectivity index (χ1) is 16.4. The maximum absolute atomic E-state index is 12.6. The van der Waals surface area contributed by atoms with Gasteiger partial charge in [-0.25, -0.2) is 9.97 Å². The fourth-order valence-corrected chi connectivity index (χ4v) is 3.80. The molecule has 1 aromatic heterocycles. The molecular formula is C24H26N6O4. The number of anilines is 3. The molecule has 1 atom stereocenters. The van der Waals surface area contributed by atoms with Crippen molar-refractivity contribution in [3.05, 3.63) is 66.0 Å². The molecule has 2 amide bonds. The van der Waals surface area contributed by atoms with Crippen molar-refractivity contribution in [2.75, 3.05) is 30.4 Å². The quantitative estimate of drug-likeness (QED) is 0.419. The van der Waals surface area contributed by atoms with E-state index in [2.05, 4.69) is 20.6 Å². The van der Waals surface area contributed by atoms with Crippen molar-refractivity contribution >= 4 is 29.1 Å². The summed E-state index contributed by atoms with van der Waals surface area (Å²) in [4.78, 5) is 35.4. The number of nitrogens with two attached hydrogens (primary N) is 1. The number of benzene rings is 2. The average molecular weight is 463 g/mol. The van der Waals surface area contributed by atoms with Crippen molar-refractivity contribution in [2.24, 2.45) is 5.73 Å². The fraction of sp³-hybridized carbons (Fsp3) is 0.250. The molecule has 1 saturated heterocycles. The molecule has 10 nitrogen and oxygen atoms in total. The normalized spacial score (nSPS) is 15.4. The largest absolute Gasteiger partial charge is 0.508 e. The Hall–Kier alpha value is -4.34. The summed E-state index contributed by atoms with van der Waals surface area (Å²) in [7, 11) is 1.58. The van der Waals surface area contributed by atoms with Crippen LogP contribution in [-0.4, -0.2) is 53.1 Å². The predicted octanol–water partition coefficient (Wildman–Crippen LogP) is 2.43. The summed E-state index contributed by atoms with van der Waals surface area (Å²) < 4.78 is 5.17. The molecule has 10 heteroatoms. The van der Waals surface area contributed by atoms with Crippen molar-refractivity contribution in [1.82, 2.24) is 15.3 Å². The lowest BCUT2D eigenvalue weighted by molar-refractivity contribution is 0.0932. The molecule has 5 N–H and O–H groups in total. The summed E-state index contributed by atoms with van der Waals surface area (Å²) >= 11 is 0. The summed E-state index contributed by atoms with van der Waals surface area (Å²) in [5.74, 6) is 0.748. The first-order valence-corrected chi connectivity index (χ1v) is 10.9. The van der Waals surface area contributed by atoms with E-state index in [-0.39, 0.29) is 29.2 Å². The number of methoxy groups -OCH3 is 1. The molecular weight excluding hydrogens is 436 g/mol. The maximum atomic E-state index is 12.6. The van der Waals surface area contributed by atoms with Crippen LogP contribution in [0.1, 0.15) is 33.7 Å². The number of rotatable bonds is 7. The lowest BCUT2D eigenvalue weighted by atomic mass is 10.0. The predicted molar refractivity (Wildman–Crippen MR) is 128 cm³/mol. The van der Waals surface area contributed by atoms with Gasteiger partial charge in [0.1, 0.15) is 17.3 Å². The number of nitrogens with one attached hydrogen (secondary N) is 2. The highest BCUT2D eigenvalue weighted by atomic mass is 16.5. The van der Waals surface area contributed by atoms with E-state index < -0.39 is 5.91 Å². The van der Waals surface area contributed by atoms with E-state index in [4.69, 9.17) is 10.5 Å². The number of hydrogen-bond acceptors (Lipinski definition) is 8. The lowest BCUT2D eigenvalue weighted by Gasteiger charge is -2.34. The number of piperidine rings is 1. The molecule has 0 aliphatic carbocycles. The number of aromatic hydroxyl groups is 1. The molecule has 0 saturated carbocycles. The van der Waals surface area contributed by atoms with Crippen LogP contribution >= 0.6 is 0 Å². The molecule has 1 unspecified atom stereocenters. The SMILES string of the molecule is COc1ccc(Nc2nc(N3CCCC(NC(=O)c4ccc(O)cc4)C3)cnc2C(N)=O)cc1. The minimum atomic E-state index is -0.687. The molecule has 2 aromatic carbocycles. The Morgan fingerprint density at radius 3 is 2.56 bits per heavy atom. The van der Waals surface area contributed by atoms with E-state index in [1.54, 1.807) is 43.5 Å². The summed E-state index contributed by atoms with van der Waals surface area (Å²) in [6.45, 7) is 1.27. The van der Waals surface area contributed by atoms with Crippen LogP contribution in [0, 0.1) is 0 Å². The molecule has 0 bridgehead atoms. The highest BCUT2D eigenvalue weighted by Gasteiger charge is 2.24. The number of primary amides is 1. The van der Waals surface area contributed by atoms with E-state index in [0.717, 1.165) is 19.4 Å². The third-order valence-electron chi connectivity index (χ3n) is 5.56. The Morgan fingerprint density at radius 2 is 1.88 bits per heavy atom. The van der Waals surface area contributed by atoms with Gasteiger partial charge in [0.05, 0.1) is 13.3 Å². The molecule has 1 fully saturated rings. The number of carbonyl (C=O) groups is 2. The molecule has 0 spiro atoms. The topological polar surface area (TPSA) is 143 Å². The monoisotopic (exact) mass is 462 g/mol. The molecule has 3 aromatic rings. The van der Waals surface area contributed by atoms with E-state index in [9.17, 15) is 14.7 Å². The van der Waals surface area contributed by atoms with Gasteiger partial charge in [0, 0.05) is 30.4 Å². The number of carbonyl (C=O) groups excluding carboxylic acids is 2. The zero-order valence-electron chi connectivity index (χ0n) is 18.7. The summed E-state index contributed by atoms with van der Waals surface area (Å²) in [5.41, 5.74) is 6.72. The fourth-order valence-electron chi connectivity index (χ4n) is 3.80. The van der Waals surface area contributed by atoms with Crippen LogP contribution in [0.25, 0.3) is 0 Å². The zero-order chi connectivity index (χ0) is 24.1. The Labute approximate surface area is 196 Å². The minimum Gasteiger partial charge on any atom is -0.508 e. The van der Waals surface area contributed by atoms with Gasteiger partial charge in [-0.3, -0.25) is 9.59 Å². The van der Waals surface area contributed by atoms with Gasteiger partial charge in [-0.2, -0.15) is 0 Å². The Morgan fingerprint density at radius 1 is 1.15 bits per heavy atom. The van der Waals surface area contributed by atoms with Gasteiger partial charge in [0.15, 0.2) is 11.5 Å². The number of amides is 2. The van der Waals surface area contributed by atoms with Crippen LogP contribution in [0.4, 0.5) is 17.3 Å². The van der Waals surface area contributed by atoms with Crippen molar-refractivity contribution < 1.29 is 19.4 Å². The second-order valence-corrected chi connectivity index (χ2v) is 7.95. The zero-order valence-corrected chi connectivity index (χ0v) is 18.7. The Bertz CT molecular complexity index is 1170. The van der Waals surface area contributed by atoms with Crippen LogP contribution < -0.4 is 26.0 Å². The van der Waals surface area contributed by atoms with E-state index in [1.807, 2.05) is 4.90 Å². The number of hydrogen-bond donors (Lipinski definition) is 4. The average Bonchev–Trinajstić information content (AvgIpc) is 2.85. The van der Waals surface area contributed by atoms with Gasteiger partial charge in [-0.05, 0) is 61.4 Å². The summed E-state index contributed by atoms with van der Waals surface area (Å²) in [5, 5.41) is 15.6. The molecule has 34 heavy (non-hydrogen) atoms. The van der Waals surface area contributed by atoms with E-state index in [1.165, 1.54) is 18.3 Å². The summed E-state index contributed by atoms with van der Waals surface area (Å²) in [6, 6.07) is 13.2. The Kier molecular flexibility index (Phi) is 6.77. The van der Waals surface area contributed by atoms with Crippen LogP contribution in [-0.2, 0) is 0 Å². The smallest absolute Gasteiger partial charge is 0.271 e. The van der Waals surface area contributed by atoms with Crippen LogP contribution in [0.5, 0.6) is 11.5 Å². The number of ether oxygens (including phenoxy) is 1. The van der Waals surface area contributed by atoms with Crippen molar-refractivity contribution in [3.8, 4) is 11.5 Å². The third kappa shape index (κ3) is 5.34.